The van der Waals surface area contributed by atoms with Crippen molar-refractivity contribution in [2.75, 3.05) is 26.2 Å². The number of halogens is 1. The molecular formula is C20H24FN3O2. The van der Waals surface area contributed by atoms with Crippen molar-refractivity contribution in [2.45, 2.75) is 19.9 Å². The van der Waals surface area contributed by atoms with E-state index < -0.39 is 0 Å². The van der Waals surface area contributed by atoms with E-state index in [1.165, 1.54) is 24.3 Å². The maximum atomic E-state index is 13.0. The Hall–Kier alpha value is -2.47. The predicted molar refractivity (Wildman–Crippen MR) is 98.6 cm³/mol. The van der Waals surface area contributed by atoms with E-state index in [1.807, 2.05) is 11.8 Å². The number of amides is 1. The molecule has 0 bridgehead atoms. The van der Waals surface area contributed by atoms with Crippen molar-refractivity contribution in [1.82, 2.24) is 14.4 Å². The Balaban J connectivity index is 1.67. The third-order valence-corrected chi connectivity index (χ3v) is 4.93. The summed E-state index contributed by atoms with van der Waals surface area (Å²) in [5, 5.41) is 0. The van der Waals surface area contributed by atoms with E-state index in [0.717, 1.165) is 37.3 Å². The van der Waals surface area contributed by atoms with Gasteiger partial charge in [0, 0.05) is 57.6 Å². The van der Waals surface area contributed by atoms with Gasteiger partial charge < -0.3 is 9.47 Å². The standard InChI is InChI=1S/C20H24FN3O2/c1-15-12-18(25)13-19(22(15)2)20(26)24-9-3-8-23(10-11-24)14-16-4-6-17(21)7-5-16/h4-7,12-13H,3,8-11,14H2,1-2H3. The SMILES string of the molecule is Cc1cc(=O)cc(C(=O)N2CCCN(Cc3ccc(F)cc3)CC2)n1C. The molecule has 6 heteroatoms. The topological polar surface area (TPSA) is 45.6 Å². The molecule has 26 heavy (non-hydrogen) atoms. The smallest absolute Gasteiger partial charge is 0.270 e. The Morgan fingerprint density at radius 1 is 1.08 bits per heavy atom. The molecule has 1 aromatic carbocycles. The van der Waals surface area contributed by atoms with Gasteiger partial charge in [-0.05, 0) is 31.0 Å². The van der Waals surface area contributed by atoms with Crippen LogP contribution in [0.1, 0.15) is 28.2 Å². The van der Waals surface area contributed by atoms with Crippen LogP contribution in [-0.2, 0) is 13.6 Å². The molecule has 1 aliphatic heterocycles. The molecule has 0 radical (unpaired) electrons. The van der Waals surface area contributed by atoms with Crippen LogP contribution in [0.4, 0.5) is 4.39 Å². The number of carbonyl (C=O) groups excluding carboxylic acids is 1. The lowest BCUT2D eigenvalue weighted by Gasteiger charge is -2.23. The summed E-state index contributed by atoms with van der Waals surface area (Å²) in [7, 11) is 1.81. The summed E-state index contributed by atoms with van der Waals surface area (Å²) < 4.78 is 14.8. The first kappa shape index (κ1) is 18.3. The molecule has 5 nitrogen and oxygen atoms in total. The summed E-state index contributed by atoms with van der Waals surface area (Å²) in [6.07, 6.45) is 0.868. The van der Waals surface area contributed by atoms with Crippen molar-refractivity contribution in [1.29, 1.82) is 0 Å². The Morgan fingerprint density at radius 3 is 2.54 bits per heavy atom. The molecule has 0 spiro atoms. The average Bonchev–Trinajstić information content (AvgIpc) is 2.85. The van der Waals surface area contributed by atoms with Crippen LogP contribution in [0.15, 0.2) is 41.2 Å². The highest BCUT2D eigenvalue weighted by atomic mass is 19.1. The van der Waals surface area contributed by atoms with Crippen molar-refractivity contribution < 1.29 is 9.18 Å². The lowest BCUT2D eigenvalue weighted by molar-refractivity contribution is 0.0750. The van der Waals surface area contributed by atoms with Crippen LogP contribution < -0.4 is 5.43 Å². The minimum atomic E-state index is -0.231. The van der Waals surface area contributed by atoms with E-state index >= 15 is 0 Å². The highest BCUT2D eigenvalue weighted by Crippen LogP contribution is 2.12. The zero-order chi connectivity index (χ0) is 18.7. The van der Waals surface area contributed by atoms with Gasteiger partial charge in [-0.15, -0.1) is 0 Å². The number of aromatic nitrogens is 1. The molecule has 1 saturated heterocycles. The van der Waals surface area contributed by atoms with Gasteiger partial charge in [-0.25, -0.2) is 4.39 Å². The lowest BCUT2D eigenvalue weighted by atomic mass is 10.2. The first-order chi connectivity index (χ1) is 12.4. The number of nitrogens with zero attached hydrogens (tertiary/aromatic N) is 3. The van der Waals surface area contributed by atoms with E-state index in [4.69, 9.17) is 0 Å². The van der Waals surface area contributed by atoms with Gasteiger partial charge in [-0.3, -0.25) is 14.5 Å². The molecule has 2 heterocycles. The number of benzene rings is 1. The molecule has 1 aliphatic rings. The zero-order valence-corrected chi connectivity index (χ0v) is 15.2. The van der Waals surface area contributed by atoms with E-state index in [1.54, 1.807) is 23.7 Å². The summed E-state index contributed by atoms with van der Waals surface area (Å²) >= 11 is 0. The maximum absolute atomic E-state index is 13.0. The van der Waals surface area contributed by atoms with Crippen molar-refractivity contribution in [3.63, 3.8) is 0 Å². The second-order valence-electron chi connectivity index (χ2n) is 6.83. The van der Waals surface area contributed by atoms with Crippen LogP contribution in [-0.4, -0.2) is 46.5 Å². The number of rotatable bonds is 3. The van der Waals surface area contributed by atoms with Crippen LogP contribution in [0, 0.1) is 12.7 Å². The van der Waals surface area contributed by atoms with E-state index in [-0.39, 0.29) is 17.2 Å². The highest BCUT2D eigenvalue weighted by Gasteiger charge is 2.22. The van der Waals surface area contributed by atoms with Gasteiger partial charge in [0.05, 0.1) is 0 Å². The molecule has 1 amide bonds. The lowest BCUT2D eigenvalue weighted by Crippen LogP contribution is -2.37. The molecule has 0 unspecified atom stereocenters. The molecule has 0 atom stereocenters. The second kappa shape index (κ2) is 7.83. The van der Waals surface area contributed by atoms with Gasteiger partial charge in [-0.2, -0.15) is 0 Å². The summed E-state index contributed by atoms with van der Waals surface area (Å²) in [5.74, 6) is -0.331. The first-order valence-corrected chi connectivity index (χ1v) is 8.88. The Kier molecular flexibility index (Phi) is 5.52. The fourth-order valence-corrected chi connectivity index (χ4v) is 3.31. The predicted octanol–water partition coefficient (Wildman–Crippen LogP) is 2.18. The molecule has 1 aromatic heterocycles. The average molecular weight is 357 g/mol. The summed E-state index contributed by atoms with van der Waals surface area (Å²) in [4.78, 5) is 28.8. The van der Waals surface area contributed by atoms with Crippen LogP contribution in [0.25, 0.3) is 0 Å². The van der Waals surface area contributed by atoms with Gasteiger partial charge >= 0.3 is 0 Å². The van der Waals surface area contributed by atoms with Crippen LogP contribution in [0.3, 0.4) is 0 Å². The molecule has 0 saturated carbocycles. The monoisotopic (exact) mass is 357 g/mol. The molecule has 2 aromatic rings. The first-order valence-electron chi connectivity index (χ1n) is 8.88. The second-order valence-corrected chi connectivity index (χ2v) is 6.83. The zero-order valence-electron chi connectivity index (χ0n) is 15.2. The quantitative estimate of drug-likeness (QED) is 0.846. The Labute approximate surface area is 152 Å². The molecule has 3 rings (SSSR count). The number of hydrogen-bond donors (Lipinski definition) is 0. The molecular weight excluding hydrogens is 333 g/mol. The number of aryl methyl sites for hydroxylation is 1. The minimum Gasteiger partial charge on any atom is -0.344 e. The Bertz CT molecular complexity index is 845. The van der Waals surface area contributed by atoms with Crippen molar-refractivity contribution >= 4 is 5.91 Å². The molecule has 0 N–H and O–H groups in total. The third kappa shape index (κ3) is 4.19. The third-order valence-electron chi connectivity index (χ3n) is 4.93. The summed E-state index contributed by atoms with van der Waals surface area (Å²) in [6, 6.07) is 9.49. The summed E-state index contributed by atoms with van der Waals surface area (Å²) in [5.41, 5.74) is 2.12. The van der Waals surface area contributed by atoms with Crippen LogP contribution in [0.5, 0.6) is 0 Å². The van der Waals surface area contributed by atoms with Gasteiger partial charge in [0.15, 0.2) is 5.43 Å². The fraction of sp³-hybridized carbons (Fsp3) is 0.400. The van der Waals surface area contributed by atoms with Crippen LogP contribution >= 0.6 is 0 Å². The van der Waals surface area contributed by atoms with Crippen molar-refractivity contribution in [2.24, 2.45) is 7.05 Å². The summed E-state index contributed by atoms with van der Waals surface area (Å²) in [6.45, 7) is 5.48. The van der Waals surface area contributed by atoms with Crippen LogP contribution in [0.2, 0.25) is 0 Å². The largest absolute Gasteiger partial charge is 0.344 e. The van der Waals surface area contributed by atoms with E-state index in [2.05, 4.69) is 4.90 Å². The molecule has 0 aliphatic carbocycles. The highest BCUT2D eigenvalue weighted by molar-refractivity contribution is 5.92. The molecule has 138 valence electrons. The number of pyridine rings is 1. The van der Waals surface area contributed by atoms with Gasteiger partial charge in [0.2, 0.25) is 0 Å². The van der Waals surface area contributed by atoms with Gasteiger partial charge in [0.1, 0.15) is 11.5 Å². The normalized spacial score (nSPS) is 15.7. The van der Waals surface area contributed by atoms with Crippen molar-refractivity contribution in [3.05, 3.63) is 69.4 Å². The number of hydrogen-bond acceptors (Lipinski definition) is 3. The Morgan fingerprint density at radius 2 is 1.81 bits per heavy atom. The van der Waals surface area contributed by atoms with Gasteiger partial charge in [0.25, 0.3) is 5.91 Å². The molecule has 1 fully saturated rings. The van der Waals surface area contributed by atoms with Crippen molar-refractivity contribution in [3.8, 4) is 0 Å². The number of carbonyl (C=O) groups is 1. The minimum absolute atomic E-state index is 0.100. The van der Waals surface area contributed by atoms with E-state index in [9.17, 15) is 14.0 Å². The fourth-order valence-electron chi connectivity index (χ4n) is 3.31. The van der Waals surface area contributed by atoms with E-state index in [0.29, 0.717) is 18.8 Å². The maximum Gasteiger partial charge on any atom is 0.270 e. The van der Waals surface area contributed by atoms with Gasteiger partial charge in [-0.1, -0.05) is 12.1 Å².